The number of rotatable bonds is 13. The second kappa shape index (κ2) is 15.2. The summed E-state index contributed by atoms with van der Waals surface area (Å²) in [5, 5.41) is 17.2. The van der Waals surface area contributed by atoms with Crippen molar-refractivity contribution < 1.29 is 14.3 Å². The van der Waals surface area contributed by atoms with Crippen molar-refractivity contribution >= 4 is 45.5 Å². The molecule has 0 fully saturated rings. The van der Waals surface area contributed by atoms with Crippen LogP contribution in [0.4, 0.5) is 17.1 Å². The molecule has 0 aliphatic carbocycles. The zero-order valence-electron chi connectivity index (χ0n) is 25.6. The number of carbonyl (C=O) groups is 1. The van der Waals surface area contributed by atoms with Crippen molar-refractivity contribution in [3.8, 4) is 17.6 Å². The van der Waals surface area contributed by atoms with Crippen molar-refractivity contribution in [2.24, 2.45) is 5.92 Å². The van der Waals surface area contributed by atoms with Crippen LogP contribution in [0.3, 0.4) is 0 Å². The van der Waals surface area contributed by atoms with Crippen LogP contribution in [0.2, 0.25) is 5.02 Å². The van der Waals surface area contributed by atoms with Gasteiger partial charge in [0.1, 0.15) is 24.2 Å². The first kappa shape index (κ1) is 32.3. The van der Waals surface area contributed by atoms with E-state index in [1.165, 1.54) is 12.3 Å². The third-order valence-corrected chi connectivity index (χ3v) is 6.78. The van der Waals surface area contributed by atoms with Crippen molar-refractivity contribution in [3.05, 3.63) is 88.9 Å². The van der Waals surface area contributed by atoms with Gasteiger partial charge in [-0.3, -0.25) is 14.8 Å². The lowest BCUT2D eigenvalue weighted by atomic mass is 10.1. The quantitative estimate of drug-likeness (QED) is 0.153. The number of likely N-dealkylation sites (N-methyl/N-ethyl adjacent to an activating group) is 1. The molecule has 2 N–H and O–H groups in total. The maximum atomic E-state index is 12.7. The number of nitriles is 1. The summed E-state index contributed by atoms with van der Waals surface area (Å²) in [4.78, 5) is 23.6. The van der Waals surface area contributed by atoms with Crippen LogP contribution in [0.5, 0.6) is 11.5 Å². The molecule has 0 atom stereocenters. The summed E-state index contributed by atoms with van der Waals surface area (Å²) >= 11 is 6.60. The number of amides is 1. The molecule has 0 saturated carbocycles. The topological polar surface area (TPSA) is 112 Å². The lowest BCUT2D eigenvalue weighted by Gasteiger charge is -2.16. The SMILES string of the molecule is CCOc1cc2ncc(C#N)c(Nc3ccc(OCc4ccc(CC(C)C)nc4)c(Cl)c3)c2cc1NC(=O)/C=C/CN(C)C. The van der Waals surface area contributed by atoms with Gasteiger partial charge >= 0.3 is 0 Å². The lowest BCUT2D eigenvalue weighted by Crippen LogP contribution is -2.13. The molecule has 10 heteroatoms. The van der Waals surface area contributed by atoms with E-state index >= 15 is 0 Å². The number of nitrogens with one attached hydrogen (secondary N) is 2. The van der Waals surface area contributed by atoms with Crippen LogP contribution in [-0.2, 0) is 17.8 Å². The summed E-state index contributed by atoms with van der Waals surface area (Å²) in [6.07, 6.45) is 7.51. The fourth-order valence-corrected chi connectivity index (χ4v) is 4.67. The number of aromatic nitrogens is 2. The number of fused-ring (bicyclic) bond motifs is 1. The standard InChI is InChI=1S/C34H37ClN6O3/c1-6-43-32-17-29-27(16-30(32)40-33(42)8-7-13-41(4)5)34(24(18-36)20-38-29)39-26-11-12-31(28(35)15-26)44-21-23-9-10-25(37-19-23)14-22(2)3/h7-12,15-17,19-20,22H,6,13-14,21H2,1-5H3,(H,38,39)(H,40,42)/b8-7+. The lowest BCUT2D eigenvalue weighted by molar-refractivity contribution is -0.111. The van der Waals surface area contributed by atoms with E-state index in [-0.39, 0.29) is 5.91 Å². The molecule has 0 radical (unpaired) electrons. The number of carbonyl (C=O) groups excluding carboxylic acids is 1. The highest BCUT2D eigenvalue weighted by molar-refractivity contribution is 6.32. The van der Waals surface area contributed by atoms with Crippen LogP contribution >= 0.6 is 11.6 Å². The van der Waals surface area contributed by atoms with Gasteiger partial charge in [0.05, 0.1) is 34.1 Å². The molecule has 4 rings (SSSR count). The highest BCUT2D eigenvalue weighted by Gasteiger charge is 2.16. The van der Waals surface area contributed by atoms with Crippen molar-refractivity contribution in [2.45, 2.75) is 33.8 Å². The molecular weight excluding hydrogens is 576 g/mol. The molecule has 0 aliphatic rings. The number of benzene rings is 2. The molecule has 0 aliphatic heterocycles. The molecule has 4 aromatic rings. The first-order valence-corrected chi connectivity index (χ1v) is 14.8. The Morgan fingerprint density at radius 2 is 1.91 bits per heavy atom. The molecule has 2 aromatic heterocycles. The second-order valence-corrected chi connectivity index (χ2v) is 11.3. The van der Waals surface area contributed by atoms with Gasteiger partial charge in [-0.1, -0.05) is 37.6 Å². The molecule has 0 unspecified atom stereocenters. The highest BCUT2D eigenvalue weighted by atomic mass is 35.5. The van der Waals surface area contributed by atoms with Gasteiger partial charge in [0, 0.05) is 53.4 Å². The predicted molar refractivity (Wildman–Crippen MR) is 176 cm³/mol. The smallest absolute Gasteiger partial charge is 0.248 e. The summed E-state index contributed by atoms with van der Waals surface area (Å²) in [5.74, 6) is 1.25. The Hall–Kier alpha value is -4.65. The van der Waals surface area contributed by atoms with E-state index in [1.54, 1.807) is 30.3 Å². The Balaban J connectivity index is 1.58. The summed E-state index contributed by atoms with van der Waals surface area (Å²) in [6.45, 7) is 7.56. The number of nitrogens with zero attached hydrogens (tertiary/aromatic N) is 4. The van der Waals surface area contributed by atoms with Crippen LogP contribution in [0.15, 0.2) is 67.0 Å². The molecule has 228 valence electrons. The van der Waals surface area contributed by atoms with Gasteiger partial charge < -0.3 is 25.0 Å². The molecule has 2 aromatic carbocycles. The summed E-state index contributed by atoms with van der Waals surface area (Å²) in [5.41, 5.74) is 4.56. The van der Waals surface area contributed by atoms with Gasteiger partial charge in [0.2, 0.25) is 5.91 Å². The summed E-state index contributed by atoms with van der Waals surface area (Å²) < 4.78 is 11.8. The minimum absolute atomic E-state index is 0.296. The van der Waals surface area contributed by atoms with E-state index < -0.39 is 0 Å². The zero-order valence-corrected chi connectivity index (χ0v) is 26.4. The third kappa shape index (κ3) is 8.69. The Labute approximate surface area is 263 Å². The van der Waals surface area contributed by atoms with Crippen LogP contribution < -0.4 is 20.1 Å². The third-order valence-electron chi connectivity index (χ3n) is 6.49. The van der Waals surface area contributed by atoms with E-state index in [4.69, 9.17) is 21.1 Å². The molecule has 0 saturated heterocycles. The minimum Gasteiger partial charge on any atom is -0.492 e. The normalized spacial score (nSPS) is 11.2. The van der Waals surface area contributed by atoms with Crippen molar-refractivity contribution in [2.75, 3.05) is 37.9 Å². The van der Waals surface area contributed by atoms with E-state index in [1.807, 2.05) is 50.3 Å². The number of halogens is 1. The Kier molecular flexibility index (Phi) is 11.1. The molecule has 9 nitrogen and oxygen atoms in total. The average Bonchev–Trinajstić information content (AvgIpc) is 2.98. The van der Waals surface area contributed by atoms with Gasteiger partial charge in [0.15, 0.2) is 0 Å². The highest BCUT2D eigenvalue weighted by Crippen LogP contribution is 2.37. The Morgan fingerprint density at radius 3 is 2.57 bits per heavy atom. The largest absolute Gasteiger partial charge is 0.492 e. The molecule has 1 amide bonds. The molecule has 0 bridgehead atoms. The monoisotopic (exact) mass is 612 g/mol. The number of pyridine rings is 2. The van der Waals surface area contributed by atoms with E-state index in [9.17, 15) is 10.1 Å². The van der Waals surface area contributed by atoms with Crippen LogP contribution in [0.25, 0.3) is 10.9 Å². The van der Waals surface area contributed by atoms with Gasteiger partial charge in [-0.25, -0.2) is 0 Å². The molecular formula is C34H37ClN6O3. The van der Waals surface area contributed by atoms with Crippen LogP contribution in [0, 0.1) is 17.2 Å². The fraction of sp³-hybridized carbons (Fsp3) is 0.294. The maximum Gasteiger partial charge on any atom is 0.248 e. The first-order chi connectivity index (χ1) is 21.2. The summed E-state index contributed by atoms with van der Waals surface area (Å²) in [7, 11) is 3.85. The number of ether oxygens (including phenoxy) is 2. The van der Waals surface area contributed by atoms with Crippen molar-refractivity contribution in [1.29, 1.82) is 5.26 Å². The van der Waals surface area contributed by atoms with E-state index in [0.717, 1.165) is 17.7 Å². The van der Waals surface area contributed by atoms with E-state index in [2.05, 4.69) is 40.5 Å². The van der Waals surface area contributed by atoms with Crippen molar-refractivity contribution in [3.63, 3.8) is 0 Å². The number of anilines is 3. The van der Waals surface area contributed by atoms with Crippen LogP contribution in [-0.4, -0.2) is 48.0 Å². The number of hydrogen-bond acceptors (Lipinski definition) is 8. The van der Waals surface area contributed by atoms with Gasteiger partial charge in [0.25, 0.3) is 0 Å². The average molecular weight is 613 g/mol. The van der Waals surface area contributed by atoms with Gasteiger partial charge in [-0.05, 0) is 63.7 Å². The van der Waals surface area contributed by atoms with E-state index in [0.29, 0.717) is 75.7 Å². The number of hydrogen-bond donors (Lipinski definition) is 2. The van der Waals surface area contributed by atoms with Crippen LogP contribution in [0.1, 0.15) is 37.6 Å². The van der Waals surface area contributed by atoms with Gasteiger partial charge in [-0.15, -0.1) is 0 Å². The maximum absolute atomic E-state index is 12.7. The first-order valence-electron chi connectivity index (χ1n) is 14.4. The summed E-state index contributed by atoms with van der Waals surface area (Å²) in [6, 6.07) is 15.1. The van der Waals surface area contributed by atoms with Gasteiger partial charge in [-0.2, -0.15) is 5.26 Å². The minimum atomic E-state index is -0.296. The molecule has 44 heavy (non-hydrogen) atoms. The zero-order chi connectivity index (χ0) is 31.6. The van der Waals surface area contributed by atoms with Crippen molar-refractivity contribution in [1.82, 2.24) is 14.9 Å². The Morgan fingerprint density at radius 1 is 1.09 bits per heavy atom. The fourth-order valence-electron chi connectivity index (χ4n) is 4.44. The second-order valence-electron chi connectivity index (χ2n) is 10.9. The molecule has 2 heterocycles. The molecule has 0 spiro atoms. The Bertz CT molecular complexity index is 1680. The predicted octanol–water partition coefficient (Wildman–Crippen LogP) is 7.13.